The van der Waals surface area contributed by atoms with Crippen LogP contribution in [-0.2, 0) is 16.0 Å². The summed E-state index contributed by atoms with van der Waals surface area (Å²) in [6.45, 7) is 5.83. The van der Waals surface area contributed by atoms with Crippen LogP contribution in [0.1, 0.15) is 29.2 Å². The molecule has 1 N–H and O–H groups in total. The lowest BCUT2D eigenvalue weighted by molar-refractivity contribution is -0.121. The Morgan fingerprint density at radius 3 is 2.64 bits per heavy atom. The van der Waals surface area contributed by atoms with Gasteiger partial charge in [-0.25, -0.2) is 0 Å². The van der Waals surface area contributed by atoms with Gasteiger partial charge in [-0.3, -0.25) is 9.69 Å². The normalized spacial score (nSPS) is 15.8. The van der Waals surface area contributed by atoms with Crippen molar-refractivity contribution in [3.05, 3.63) is 65.2 Å². The van der Waals surface area contributed by atoms with E-state index in [1.807, 2.05) is 12.1 Å². The van der Waals surface area contributed by atoms with Gasteiger partial charge in [0.25, 0.3) is 0 Å². The van der Waals surface area contributed by atoms with E-state index in [1.165, 1.54) is 11.1 Å². The number of morpholine rings is 1. The van der Waals surface area contributed by atoms with Crippen LogP contribution in [0.25, 0.3) is 0 Å². The van der Waals surface area contributed by atoms with Crippen molar-refractivity contribution >= 4 is 5.91 Å². The van der Waals surface area contributed by atoms with Crippen LogP contribution in [0.15, 0.2) is 48.5 Å². The van der Waals surface area contributed by atoms with Gasteiger partial charge in [0.1, 0.15) is 5.75 Å². The second-order valence-electron chi connectivity index (χ2n) is 7.23. The Morgan fingerprint density at radius 1 is 1.18 bits per heavy atom. The number of nitrogens with one attached hydrogen (secondary N) is 1. The first kappa shape index (κ1) is 20.4. The SMILES string of the molecule is COc1cccc(C(CNC(=O)CCc2ccc(C)cc2)N2CCOCC2)c1. The minimum absolute atomic E-state index is 0.0849. The molecule has 2 aromatic rings. The van der Waals surface area contributed by atoms with E-state index in [2.05, 4.69) is 53.5 Å². The van der Waals surface area contributed by atoms with E-state index >= 15 is 0 Å². The Morgan fingerprint density at radius 2 is 1.93 bits per heavy atom. The zero-order valence-electron chi connectivity index (χ0n) is 16.8. The van der Waals surface area contributed by atoms with Gasteiger partial charge in [-0.1, -0.05) is 42.0 Å². The molecule has 0 aliphatic carbocycles. The van der Waals surface area contributed by atoms with Crippen LogP contribution in [0.3, 0.4) is 0 Å². The molecule has 1 aliphatic rings. The monoisotopic (exact) mass is 382 g/mol. The molecule has 2 aromatic carbocycles. The Bertz CT molecular complexity index is 755. The van der Waals surface area contributed by atoms with Crippen LogP contribution in [-0.4, -0.2) is 50.8 Å². The predicted molar refractivity (Wildman–Crippen MR) is 111 cm³/mol. The molecule has 1 aliphatic heterocycles. The van der Waals surface area contributed by atoms with Crippen molar-refractivity contribution in [1.82, 2.24) is 10.2 Å². The smallest absolute Gasteiger partial charge is 0.220 e. The standard InChI is InChI=1S/C23H30N2O3/c1-18-6-8-19(9-7-18)10-11-23(26)24-17-22(25-12-14-28-15-13-25)20-4-3-5-21(16-20)27-2/h3-9,16,22H,10-15,17H2,1-2H3,(H,24,26). The summed E-state index contributed by atoms with van der Waals surface area (Å²) in [5.74, 6) is 0.920. The number of rotatable bonds is 8. The number of hydrogen-bond donors (Lipinski definition) is 1. The summed E-state index contributed by atoms with van der Waals surface area (Å²) in [5.41, 5.74) is 3.58. The number of ether oxygens (including phenoxy) is 2. The zero-order chi connectivity index (χ0) is 19.8. The van der Waals surface area contributed by atoms with Crippen LogP contribution in [0, 0.1) is 6.92 Å². The van der Waals surface area contributed by atoms with E-state index in [1.54, 1.807) is 7.11 Å². The van der Waals surface area contributed by atoms with Gasteiger partial charge in [-0.2, -0.15) is 0 Å². The number of carbonyl (C=O) groups is 1. The average molecular weight is 383 g/mol. The number of hydrogen-bond acceptors (Lipinski definition) is 4. The minimum atomic E-state index is 0.0849. The van der Waals surface area contributed by atoms with Crippen molar-refractivity contribution in [2.75, 3.05) is 40.0 Å². The van der Waals surface area contributed by atoms with E-state index in [9.17, 15) is 4.79 Å². The Labute approximate surface area is 167 Å². The van der Waals surface area contributed by atoms with Crippen LogP contribution in [0.5, 0.6) is 5.75 Å². The molecular weight excluding hydrogens is 352 g/mol. The molecule has 150 valence electrons. The lowest BCUT2D eigenvalue weighted by Gasteiger charge is -2.35. The molecule has 1 heterocycles. The van der Waals surface area contributed by atoms with E-state index in [4.69, 9.17) is 9.47 Å². The summed E-state index contributed by atoms with van der Waals surface area (Å²) >= 11 is 0. The molecule has 1 amide bonds. The van der Waals surface area contributed by atoms with E-state index in [0.29, 0.717) is 13.0 Å². The molecule has 5 nitrogen and oxygen atoms in total. The molecule has 0 radical (unpaired) electrons. The average Bonchev–Trinajstić information content (AvgIpc) is 2.74. The summed E-state index contributed by atoms with van der Waals surface area (Å²) in [6, 6.07) is 16.6. The number of carbonyl (C=O) groups excluding carboxylic acids is 1. The number of nitrogens with zero attached hydrogens (tertiary/aromatic N) is 1. The highest BCUT2D eigenvalue weighted by atomic mass is 16.5. The molecule has 0 spiro atoms. The van der Waals surface area contributed by atoms with Crippen molar-refractivity contribution in [3.8, 4) is 5.75 Å². The summed E-state index contributed by atoms with van der Waals surface area (Å²) < 4.78 is 10.9. The van der Waals surface area contributed by atoms with Crippen molar-refractivity contribution < 1.29 is 14.3 Å². The summed E-state index contributed by atoms with van der Waals surface area (Å²) in [7, 11) is 1.68. The first-order chi connectivity index (χ1) is 13.7. The Balaban J connectivity index is 1.60. The summed E-state index contributed by atoms with van der Waals surface area (Å²) in [5, 5.41) is 3.14. The van der Waals surface area contributed by atoms with Crippen LogP contribution < -0.4 is 10.1 Å². The lowest BCUT2D eigenvalue weighted by atomic mass is 10.0. The topological polar surface area (TPSA) is 50.8 Å². The van der Waals surface area contributed by atoms with Gasteiger partial charge in [0.2, 0.25) is 5.91 Å². The molecule has 1 atom stereocenters. The number of aryl methyl sites for hydroxylation is 2. The molecular formula is C23H30N2O3. The molecule has 3 rings (SSSR count). The molecule has 0 aromatic heterocycles. The van der Waals surface area contributed by atoms with Gasteiger partial charge < -0.3 is 14.8 Å². The van der Waals surface area contributed by atoms with Crippen molar-refractivity contribution in [2.45, 2.75) is 25.8 Å². The van der Waals surface area contributed by atoms with E-state index in [0.717, 1.165) is 44.0 Å². The molecule has 28 heavy (non-hydrogen) atoms. The maximum atomic E-state index is 12.4. The van der Waals surface area contributed by atoms with Gasteiger partial charge >= 0.3 is 0 Å². The Kier molecular flexibility index (Phi) is 7.46. The summed E-state index contributed by atoms with van der Waals surface area (Å²) in [4.78, 5) is 14.8. The maximum Gasteiger partial charge on any atom is 0.220 e. The van der Waals surface area contributed by atoms with Crippen molar-refractivity contribution in [3.63, 3.8) is 0 Å². The largest absolute Gasteiger partial charge is 0.497 e. The third-order valence-electron chi connectivity index (χ3n) is 5.22. The second-order valence-corrected chi connectivity index (χ2v) is 7.23. The highest BCUT2D eigenvalue weighted by molar-refractivity contribution is 5.76. The fourth-order valence-corrected chi connectivity index (χ4v) is 3.51. The van der Waals surface area contributed by atoms with E-state index < -0.39 is 0 Å². The minimum Gasteiger partial charge on any atom is -0.497 e. The quantitative estimate of drug-likeness (QED) is 0.762. The molecule has 0 saturated carbocycles. The second kappa shape index (κ2) is 10.2. The van der Waals surface area contributed by atoms with Crippen LogP contribution in [0.2, 0.25) is 0 Å². The fourth-order valence-electron chi connectivity index (χ4n) is 3.51. The summed E-state index contributed by atoms with van der Waals surface area (Å²) in [6.07, 6.45) is 1.25. The van der Waals surface area contributed by atoms with Crippen LogP contribution in [0.4, 0.5) is 0 Å². The first-order valence-electron chi connectivity index (χ1n) is 9.93. The number of benzene rings is 2. The van der Waals surface area contributed by atoms with E-state index in [-0.39, 0.29) is 11.9 Å². The molecule has 1 saturated heterocycles. The van der Waals surface area contributed by atoms with Crippen LogP contribution >= 0.6 is 0 Å². The first-order valence-corrected chi connectivity index (χ1v) is 9.93. The van der Waals surface area contributed by atoms with Gasteiger partial charge in [-0.15, -0.1) is 0 Å². The molecule has 0 bridgehead atoms. The van der Waals surface area contributed by atoms with Crippen molar-refractivity contribution in [2.24, 2.45) is 0 Å². The Hall–Kier alpha value is -2.37. The third-order valence-corrected chi connectivity index (χ3v) is 5.22. The highest BCUT2D eigenvalue weighted by Gasteiger charge is 2.23. The number of amides is 1. The fraction of sp³-hybridized carbons (Fsp3) is 0.435. The molecule has 1 unspecified atom stereocenters. The zero-order valence-corrected chi connectivity index (χ0v) is 16.8. The van der Waals surface area contributed by atoms with Gasteiger partial charge in [0.15, 0.2) is 0 Å². The highest BCUT2D eigenvalue weighted by Crippen LogP contribution is 2.24. The molecule has 5 heteroatoms. The van der Waals surface area contributed by atoms with Crippen molar-refractivity contribution in [1.29, 1.82) is 0 Å². The van der Waals surface area contributed by atoms with Gasteiger partial charge in [-0.05, 0) is 36.6 Å². The molecule has 1 fully saturated rings. The van der Waals surface area contributed by atoms with Gasteiger partial charge in [0, 0.05) is 26.1 Å². The lowest BCUT2D eigenvalue weighted by Crippen LogP contribution is -2.43. The maximum absolute atomic E-state index is 12.4. The number of methoxy groups -OCH3 is 1. The predicted octanol–water partition coefficient (Wildman–Crippen LogP) is 3.13. The third kappa shape index (κ3) is 5.81. The van der Waals surface area contributed by atoms with Gasteiger partial charge in [0.05, 0.1) is 26.4 Å².